The first-order valence-corrected chi connectivity index (χ1v) is 8.93. The highest BCUT2D eigenvalue weighted by atomic mass is 79.9. The van der Waals surface area contributed by atoms with Gasteiger partial charge in [0.2, 0.25) is 5.95 Å². The molecule has 1 aromatic heterocycles. The molecule has 2 aromatic rings. The van der Waals surface area contributed by atoms with E-state index in [9.17, 15) is 0 Å². The number of nitrogens with zero attached hydrogens (tertiary/aromatic N) is 3. The van der Waals surface area contributed by atoms with E-state index in [1.807, 2.05) is 19.9 Å². The molecule has 1 saturated heterocycles. The molecular formula is C18H23BrN4. The van der Waals surface area contributed by atoms with Crippen molar-refractivity contribution in [2.45, 2.75) is 39.3 Å². The number of halogens is 1. The lowest BCUT2D eigenvalue weighted by Gasteiger charge is -2.32. The van der Waals surface area contributed by atoms with Crippen LogP contribution in [0.4, 0.5) is 5.95 Å². The Bertz CT molecular complexity index is 628. The Morgan fingerprint density at radius 1 is 1.09 bits per heavy atom. The largest absolute Gasteiger partial charge is 0.351 e. The predicted octanol–water partition coefficient (Wildman–Crippen LogP) is 3.93. The first-order valence-electron chi connectivity index (χ1n) is 8.14. The van der Waals surface area contributed by atoms with Crippen molar-refractivity contribution in [2.24, 2.45) is 0 Å². The van der Waals surface area contributed by atoms with Crippen LogP contribution in [0, 0.1) is 13.8 Å². The zero-order valence-electron chi connectivity index (χ0n) is 13.7. The summed E-state index contributed by atoms with van der Waals surface area (Å²) in [6.45, 7) is 7.28. The van der Waals surface area contributed by atoms with Gasteiger partial charge in [-0.05, 0) is 50.5 Å². The van der Waals surface area contributed by atoms with Crippen molar-refractivity contribution in [1.82, 2.24) is 14.9 Å². The number of anilines is 1. The van der Waals surface area contributed by atoms with Gasteiger partial charge in [-0.2, -0.15) is 0 Å². The predicted molar refractivity (Wildman–Crippen MR) is 97.6 cm³/mol. The highest BCUT2D eigenvalue weighted by Crippen LogP contribution is 2.18. The number of piperidine rings is 1. The zero-order chi connectivity index (χ0) is 16.2. The van der Waals surface area contributed by atoms with E-state index in [1.54, 1.807) is 0 Å². The van der Waals surface area contributed by atoms with Gasteiger partial charge in [-0.15, -0.1) is 0 Å². The van der Waals surface area contributed by atoms with Crippen LogP contribution in [0.25, 0.3) is 0 Å². The van der Waals surface area contributed by atoms with E-state index in [1.165, 1.54) is 5.56 Å². The molecule has 1 aliphatic heterocycles. The summed E-state index contributed by atoms with van der Waals surface area (Å²) in [5.41, 5.74) is 3.41. The van der Waals surface area contributed by atoms with Crippen molar-refractivity contribution < 1.29 is 0 Å². The number of hydrogen-bond donors (Lipinski definition) is 1. The molecule has 122 valence electrons. The quantitative estimate of drug-likeness (QED) is 0.879. The molecule has 4 nitrogen and oxygen atoms in total. The molecule has 0 radical (unpaired) electrons. The van der Waals surface area contributed by atoms with E-state index >= 15 is 0 Å². The Hall–Kier alpha value is -1.46. The monoisotopic (exact) mass is 374 g/mol. The van der Waals surface area contributed by atoms with Crippen molar-refractivity contribution in [3.63, 3.8) is 0 Å². The highest BCUT2D eigenvalue weighted by molar-refractivity contribution is 9.10. The van der Waals surface area contributed by atoms with E-state index in [0.717, 1.165) is 54.3 Å². The summed E-state index contributed by atoms with van der Waals surface area (Å²) in [4.78, 5) is 11.5. The Balaban J connectivity index is 1.51. The highest BCUT2D eigenvalue weighted by Gasteiger charge is 2.19. The van der Waals surface area contributed by atoms with Gasteiger partial charge in [-0.1, -0.05) is 28.1 Å². The number of rotatable bonds is 4. The Morgan fingerprint density at radius 3 is 2.30 bits per heavy atom. The number of nitrogens with one attached hydrogen (secondary N) is 1. The lowest BCUT2D eigenvalue weighted by atomic mass is 10.0. The number of benzene rings is 1. The Morgan fingerprint density at radius 2 is 1.70 bits per heavy atom. The minimum Gasteiger partial charge on any atom is -0.351 e. The lowest BCUT2D eigenvalue weighted by molar-refractivity contribution is 0.211. The molecule has 1 fully saturated rings. The first kappa shape index (κ1) is 16.4. The second kappa shape index (κ2) is 7.41. The van der Waals surface area contributed by atoms with Gasteiger partial charge in [0.1, 0.15) is 0 Å². The molecule has 0 unspecified atom stereocenters. The summed E-state index contributed by atoms with van der Waals surface area (Å²) < 4.78 is 1.14. The maximum Gasteiger partial charge on any atom is 0.223 e. The third-order valence-corrected chi connectivity index (χ3v) is 4.75. The fourth-order valence-electron chi connectivity index (χ4n) is 3.06. The van der Waals surface area contributed by atoms with Crippen molar-refractivity contribution in [1.29, 1.82) is 0 Å². The third kappa shape index (κ3) is 4.75. The normalized spacial score (nSPS) is 16.5. The van der Waals surface area contributed by atoms with Crippen molar-refractivity contribution in [3.8, 4) is 0 Å². The molecule has 0 aliphatic carbocycles. The third-order valence-electron chi connectivity index (χ3n) is 4.22. The Kier molecular flexibility index (Phi) is 5.28. The standard InChI is InChI=1S/C18H23BrN4/c1-13-11-14(2)21-18(20-13)22-17-7-9-23(10-8-17)12-15-3-5-16(19)6-4-15/h3-6,11,17H,7-10,12H2,1-2H3,(H,20,21,22). The topological polar surface area (TPSA) is 41.1 Å². The van der Waals surface area contributed by atoms with E-state index < -0.39 is 0 Å². The van der Waals surface area contributed by atoms with Crippen molar-refractivity contribution in [3.05, 3.63) is 51.8 Å². The van der Waals surface area contributed by atoms with Crippen LogP contribution in [0.15, 0.2) is 34.8 Å². The van der Waals surface area contributed by atoms with Gasteiger partial charge in [0.25, 0.3) is 0 Å². The molecule has 1 aliphatic rings. The molecule has 1 aromatic carbocycles. The molecule has 23 heavy (non-hydrogen) atoms. The fraction of sp³-hybridized carbons (Fsp3) is 0.444. The summed E-state index contributed by atoms with van der Waals surface area (Å²) >= 11 is 3.49. The number of hydrogen-bond acceptors (Lipinski definition) is 4. The second-order valence-electron chi connectivity index (χ2n) is 6.30. The molecule has 3 rings (SSSR count). The van der Waals surface area contributed by atoms with Crippen LogP contribution < -0.4 is 5.32 Å². The molecule has 0 bridgehead atoms. The summed E-state index contributed by atoms with van der Waals surface area (Å²) in [5.74, 6) is 0.772. The van der Waals surface area contributed by atoms with Gasteiger partial charge >= 0.3 is 0 Å². The van der Waals surface area contributed by atoms with Gasteiger partial charge in [0, 0.05) is 41.5 Å². The van der Waals surface area contributed by atoms with Gasteiger partial charge < -0.3 is 5.32 Å². The smallest absolute Gasteiger partial charge is 0.223 e. The molecule has 0 amide bonds. The minimum atomic E-state index is 0.470. The van der Waals surface area contributed by atoms with Crippen LogP contribution in [0.1, 0.15) is 29.8 Å². The second-order valence-corrected chi connectivity index (χ2v) is 7.21. The van der Waals surface area contributed by atoms with E-state index in [4.69, 9.17) is 0 Å². The van der Waals surface area contributed by atoms with Gasteiger partial charge in [0.05, 0.1) is 0 Å². The molecule has 1 N–H and O–H groups in total. The van der Waals surface area contributed by atoms with Crippen molar-refractivity contribution in [2.75, 3.05) is 18.4 Å². The average molecular weight is 375 g/mol. The molecule has 0 atom stereocenters. The van der Waals surface area contributed by atoms with Gasteiger partial charge in [0.15, 0.2) is 0 Å². The molecule has 5 heteroatoms. The van der Waals surface area contributed by atoms with Crippen LogP contribution >= 0.6 is 15.9 Å². The molecule has 0 spiro atoms. The first-order chi connectivity index (χ1) is 11.1. The molecular weight excluding hydrogens is 352 g/mol. The lowest BCUT2D eigenvalue weighted by Crippen LogP contribution is -2.39. The Labute approximate surface area is 146 Å². The SMILES string of the molecule is Cc1cc(C)nc(NC2CCN(Cc3ccc(Br)cc3)CC2)n1. The molecule has 0 saturated carbocycles. The molecule has 2 heterocycles. The maximum atomic E-state index is 4.48. The van der Waals surface area contributed by atoms with Crippen molar-refractivity contribution >= 4 is 21.9 Å². The van der Waals surface area contributed by atoms with Crippen LogP contribution in [0.3, 0.4) is 0 Å². The summed E-state index contributed by atoms with van der Waals surface area (Å²) in [6, 6.07) is 11.1. The van der Waals surface area contributed by atoms with Gasteiger partial charge in [-0.3, -0.25) is 4.90 Å². The minimum absolute atomic E-state index is 0.470. The van der Waals surface area contributed by atoms with E-state index in [2.05, 4.69) is 60.4 Å². The van der Waals surface area contributed by atoms with Crippen LogP contribution in [0.5, 0.6) is 0 Å². The maximum absolute atomic E-state index is 4.48. The summed E-state index contributed by atoms with van der Waals surface area (Å²) in [6.07, 6.45) is 2.26. The van der Waals surface area contributed by atoms with Crippen LogP contribution in [0.2, 0.25) is 0 Å². The van der Waals surface area contributed by atoms with Crippen LogP contribution in [-0.2, 0) is 6.54 Å². The number of aromatic nitrogens is 2. The number of likely N-dealkylation sites (tertiary alicyclic amines) is 1. The van der Waals surface area contributed by atoms with Gasteiger partial charge in [-0.25, -0.2) is 9.97 Å². The number of aryl methyl sites for hydroxylation is 2. The van der Waals surface area contributed by atoms with Crippen LogP contribution in [-0.4, -0.2) is 34.0 Å². The van der Waals surface area contributed by atoms with E-state index in [-0.39, 0.29) is 0 Å². The fourth-order valence-corrected chi connectivity index (χ4v) is 3.32. The average Bonchev–Trinajstić information content (AvgIpc) is 2.50. The summed E-state index contributed by atoms with van der Waals surface area (Å²) in [7, 11) is 0. The zero-order valence-corrected chi connectivity index (χ0v) is 15.3. The van der Waals surface area contributed by atoms with E-state index in [0.29, 0.717) is 6.04 Å². The summed E-state index contributed by atoms with van der Waals surface area (Å²) in [5, 5.41) is 3.50.